The van der Waals surface area contributed by atoms with Crippen LogP contribution in [0.4, 0.5) is 0 Å². The number of hydrogen-bond donors (Lipinski definition) is 2. The molecule has 4 heteroatoms. The smallest absolute Gasteiger partial charge is 0.270 e. The molecule has 1 aliphatic heterocycles. The van der Waals surface area contributed by atoms with Crippen molar-refractivity contribution in [3.05, 3.63) is 36.0 Å². The molecule has 1 aliphatic rings. The summed E-state index contributed by atoms with van der Waals surface area (Å²) in [5.74, 6) is 0.679. The highest BCUT2D eigenvalue weighted by Crippen LogP contribution is 2.20. The number of H-pyrrole nitrogens is 1. The topological polar surface area (TPSA) is 62.1 Å². The lowest BCUT2D eigenvalue weighted by Crippen LogP contribution is -2.40. The standard InChI is InChI=1S/C15H19N3O/c16-10-11-5-7-18(8-6-11)15(19)14-9-12-3-1-2-4-13(12)17-14/h1-4,9,11,17H,5-8,10,16H2. The molecule has 0 bridgehead atoms. The summed E-state index contributed by atoms with van der Waals surface area (Å²) in [5, 5.41) is 1.09. The van der Waals surface area contributed by atoms with Crippen LogP contribution in [0.3, 0.4) is 0 Å². The summed E-state index contributed by atoms with van der Waals surface area (Å²) >= 11 is 0. The molecule has 100 valence electrons. The minimum absolute atomic E-state index is 0.103. The number of nitrogens with two attached hydrogens (primary N) is 1. The number of piperidine rings is 1. The van der Waals surface area contributed by atoms with Gasteiger partial charge in [0.25, 0.3) is 5.91 Å². The molecule has 0 saturated carbocycles. The zero-order valence-corrected chi connectivity index (χ0v) is 10.9. The summed E-state index contributed by atoms with van der Waals surface area (Å²) in [6, 6.07) is 9.90. The molecule has 1 amide bonds. The van der Waals surface area contributed by atoms with Crippen LogP contribution < -0.4 is 5.73 Å². The highest BCUT2D eigenvalue weighted by atomic mass is 16.2. The minimum atomic E-state index is 0.103. The normalized spacial score (nSPS) is 17.0. The summed E-state index contributed by atoms with van der Waals surface area (Å²) in [5.41, 5.74) is 7.38. The lowest BCUT2D eigenvalue weighted by atomic mass is 9.97. The molecule has 0 unspecified atom stereocenters. The van der Waals surface area contributed by atoms with E-state index in [9.17, 15) is 4.79 Å². The van der Waals surface area contributed by atoms with Gasteiger partial charge in [-0.25, -0.2) is 0 Å². The highest BCUT2D eigenvalue weighted by molar-refractivity contribution is 5.98. The van der Waals surface area contributed by atoms with E-state index in [1.165, 1.54) is 0 Å². The van der Waals surface area contributed by atoms with E-state index < -0.39 is 0 Å². The van der Waals surface area contributed by atoms with Gasteiger partial charge in [-0.2, -0.15) is 0 Å². The number of hydrogen-bond acceptors (Lipinski definition) is 2. The SMILES string of the molecule is NCC1CCN(C(=O)c2cc3ccccc3[nH]2)CC1. The quantitative estimate of drug-likeness (QED) is 0.864. The Morgan fingerprint density at radius 2 is 2.05 bits per heavy atom. The summed E-state index contributed by atoms with van der Waals surface area (Å²) in [7, 11) is 0. The van der Waals surface area contributed by atoms with Crippen molar-refractivity contribution in [3.8, 4) is 0 Å². The Balaban J connectivity index is 1.77. The zero-order valence-electron chi connectivity index (χ0n) is 10.9. The second-order valence-corrected chi connectivity index (χ2v) is 5.24. The average Bonchev–Trinajstić information content (AvgIpc) is 2.90. The monoisotopic (exact) mass is 257 g/mol. The Labute approximate surface area is 112 Å². The van der Waals surface area contributed by atoms with Crippen molar-refractivity contribution >= 4 is 16.8 Å². The Kier molecular flexibility index (Phi) is 3.25. The summed E-state index contributed by atoms with van der Waals surface area (Å²) in [4.78, 5) is 17.6. The van der Waals surface area contributed by atoms with Gasteiger partial charge in [0.05, 0.1) is 0 Å². The van der Waals surface area contributed by atoms with Crippen molar-refractivity contribution in [1.29, 1.82) is 0 Å². The minimum Gasteiger partial charge on any atom is -0.351 e. The molecule has 2 heterocycles. The lowest BCUT2D eigenvalue weighted by Gasteiger charge is -2.31. The highest BCUT2D eigenvalue weighted by Gasteiger charge is 2.23. The summed E-state index contributed by atoms with van der Waals surface area (Å²) in [6.07, 6.45) is 2.03. The predicted molar refractivity (Wildman–Crippen MR) is 76.0 cm³/mol. The number of likely N-dealkylation sites (tertiary alicyclic amines) is 1. The molecule has 3 N–H and O–H groups in total. The summed E-state index contributed by atoms with van der Waals surface area (Å²) < 4.78 is 0. The first-order chi connectivity index (χ1) is 9.28. The third-order valence-corrected chi connectivity index (χ3v) is 4.00. The first kappa shape index (κ1) is 12.2. The first-order valence-electron chi connectivity index (χ1n) is 6.85. The molecule has 1 saturated heterocycles. The number of rotatable bonds is 2. The number of aromatic nitrogens is 1. The number of carbonyl (C=O) groups excluding carboxylic acids is 1. The molecular weight excluding hydrogens is 238 g/mol. The van der Waals surface area contributed by atoms with Gasteiger partial charge in [-0.15, -0.1) is 0 Å². The van der Waals surface area contributed by atoms with E-state index >= 15 is 0 Å². The van der Waals surface area contributed by atoms with Crippen LogP contribution in [0.2, 0.25) is 0 Å². The summed E-state index contributed by atoms with van der Waals surface area (Å²) in [6.45, 7) is 2.36. The number of para-hydroxylation sites is 1. The fraction of sp³-hybridized carbons (Fsp3) is 0.400. The largest absolute Gasteiger partial charge is 0.351 e. The molecule has 1 aromatic carbocycles. The molecule has 3 rings (SSSR count). The van der Waals surface area contributed by atoms with Crippen LogP contribution in [0.25, 0.3) is 10.9 Å². The molecule has 1 fully saturated rings. The number of nitrogens with zero attached hydrogens (tertiary/aromatic N) is 1. The van der Waals surface area contributed by atoms with Crippen molar-refractivity contribution in [3.63, 3.8) is 0 Å². The molecule has 0 spiro atoms. The van der Waals surface area contributed by atoms with Crippen molar-refractivity contribution in [2.45, 2.75) is 12.8 Å². The van der Waals surface area contributed by atoms with E-state index in [0.717, 1.165) is 43.4 Å². The van der Waals surface area contributed by atoms with Crippen molar-refractivity contribution < 1.29 is 4.79 Å². The molecular formula is C15H19N3O. The van der Waals surface area contributed by atoms with E-state index in [4.69, 9.17) is 5.73 Å². The fourth-order valence-electron chi connectivity index (χ4n) is 2.73. The number of carbonyl (C=O) groups is 1. The van der Waals surface area contributed by atoms with Crippen LogP contribution in [-0.4, -0.2) is 35.4 Å². The van der Waals surface area contributed by atoms with E-state index in [0.29, 0.717) is 11.6 Å². The van der Waals surface area contributed by atoms with E-state index in [-0.39, 0.29) is 5.91 Å². The zero-order chi connectivity index (χ0) is 13.2. The van der Waals surface area contributed by atoms with Crippen molar-refractivity contribution in [1.82, 2.24) is 9.88 Å². The molecule has 0 aliphatic carbocycles. The molecule has 19 heavy (non-hydrogen) atoms. The van der Waals surface area contributed by atoms with E-state index in [1.54, 1.807) is 0 Å². The number of nitrogens with one attached hydrogen (secondary N) is 1. The maximum Gasteiger partial charge on any atom is 0.270 e. The van der Waals surface area contributed by atoms with Crippen LogP contribution in [-0.2, 0) is 0 Å². The number of amides is 1. The fourth-order valence-corrected chi connectivity index (χ4v) is 2.73. The van der Waals surface area contributed by atoms with Gasteiger partial charge in [-0.3, -0.25) is 4.79 Å². The van der Waals surface area contributed by atoms with Gasteiger partial charge >= 0.3 is 0 Å². The van der Waals surface area contributed by atoms with Gasteiger partial charge < -0.3 is 15.6 Å². The number of aromatic amines is 1. The second kappa shape index (κ2) is 5.05. The van der Waals surface area contributed by atoms with Crippen LogP contribution in [0.5, 0.6) is 0 Å². The van der Waals surface area contributed by atoms with Gasteiger partial charge in [0, 0.05) is 24.0 Å². The maximum absolute atomic E-state index is 12.4. The first-order valence-corrected chi connectivity index (χ1v) is 6.85. The lowest BCUT2D eigenvalue weighted by molar-refractivity contribution is 0.0688. The van der Waals surface area contributed by atoms with Crippen LogP contribution in [0.1, 0.15) is 23.3 Å². The van der Waals surface area contributed by atoms with Gasteiger partial charge in [0.15, 0.2) is 0 Å². The van der Waals surface area contributed by atoms with Crippen molar-refractivity contribution in [2.75, 3.05) is 19.6 Å². The molecule has 0 atom stereocenters. The third-order valence-electron chi connectivity index (χ3n) is 4.00. The second-order valence-electron chi connectivity index (χ2n) is 5.24. The van der Waals surface area contributed by atoms with E-state index in [1.807, 2.05) is 35.2 Å². The third kappa shape index (κ3) is 2.36. The molecule has 4 nitrogen and oxygen atoms in total. The van der Waals surface area contributed by atoms with Crippen LogP contribution in [0, 0.1) is 5.92 Å². The Morgan fingerprint density at radius 3 is 2.74 bits per heavy atom. The average molecular weight is 257 g/mol. The Bertz CT molecular complexity index is 549. The predicted octanol–water partition coefficient (Wildman–Crippen LogP) is 1.98. The maximum atomic E-state index is 12.4. The molecule has 0 radical (unpaired) electrons. The van der Waals surface area contributed by atoms with Crippen LogP contribution in [0.15, 0.2) is 30.3 Å². The van der Waals surface area contributed by atoms with Gasteiger partial charge in [-0.05, 0) is 37.4 Å². The number of benzene rings is 1. The van der Waals surface area contributed by atoms with Gasteiger partial charge in [0.1, 0.15) is 5.69 Å². The Hall–Kier alpha value is -1.81. The number of fused-ring (bicyclic) bond motifs is 1. The van der Waals surface area contributed by atoms with Crippen molar-refractivity contribution in [2.24, 2.45) is 11.7 Å². The Morgan fingerprint density at radius 1 is 1.32 bits per heavy atom. The van der Waals surface area contributed by atoms with Crippen LogP contribution >= 0.6 is 0 Å². The van der Waals surface area contributed by atoms with E-state index in [2.05, 4.69) is 4.98 Å². The van der Waals surface area contributed by atoms with Gasteiger partial charge in [-0.1, -0.05) is 18.2 Å². The molecule has 1 aromatic heterocycles. The van der Waals surface area contributed by atoms with Gasteiger partial charge in [0.2, 0.25) is 0 Å². The molecule has 2 aromatic rings.